The smallest absolute Gasteiger partial charge is 0.340 e. The van der Waals surface area contributed by atoms with Gasteiger partial charge in [-0.2, -0.15) is 5.26 Å². The highest BCUT2D eigenvalue weighted by Gasteiger charge is 2.13. The molecule has 1 heterocycles. The fourth-order valence-electron chi connectivity index (χ4n) is 1.73. The van der Waals surface area contributed by atoms with Crippen molar-refractivity contribution in [1.29, 1.82) is 5.26 Å². The minimum Gasteiger partial charge on any atom is -0.457 e. The van der Waals surface area contributed by atoms with Crippen LogP contribution in [0.25, 0.3) is 0 Å². The minimum atomic E-state index is -0.505. The van der Waals surface area contributed by atoms with Gasteiger partial charge in [0.05, 0.1) is 34.8 Å². The van der Waals surface area contributed by atoms with Crippen molar-refractivity contribution in [1.82, 2.24) is 4.98 Å². The summed E-state index contributed by atoms with van der Waals surface area (Å²) >= 11 is 0. The van der Waals surface area contributed by atoms with Crippen LogP contribution in [0.4, 0.5) is 5.69 Å². The van der Waals surface area contributed by atoms with Crippen LogP contribution in [-0.2, 0) is 11.3 Å². The molecule has 0 spiro atoms. The van der Waals surface area contributed by atoms with Crippen LogP contribution < -0.4 is 5.73 Å². The normalized spacial score (nSPS) is 9.80. The Morgan fingerprint density at radius 2 is 2.20 bits per heavy atom. The molecule has 0 bridgehead atoms. The van der Waals surface area contributed by atoms with Crippen molar-refractivity contribution in [2.45, 2.75) is 13.5 Å². The van der Waals surface area contributed by atoms with Crippen LogP contribution in [0.3, 0.4) is 0 Å². The van der Waals surface area contributed by atoms with E-state index in [0.29, 0.717) is 28.1 Å². The van der Waals surface area contributed by atoms with E-state index < -0.39 is 5.97 Å². The Morgan fingerprint density at radius 3 is 2.95 bits per heavy atom. The topological polar surface area (TPSA) is 89.0 Å². The number of nitrogens with two attached hydrogens (primary N) is 1. The molecule has 100 valence electrons. The first-order valence-corrected chi connectivity index (χ1v) is 5.99. The number of aryl methyl sites for hydroxylation is 1. The van der Waals surface area contributed by atoms with Crippen LogP contribution in [0.2, 0.25) is 0 Å². The van der Waals surface area contributed by atoms with Crippen LogP contribution in [0.5, 0.6) is 0 Å². The molecule has 5 nitrogen and oxygen atoms in total. The molecule has 2 rings (SSSR count). The predicted octanol–water partition coefficient (Wildman–Crippen LogP) is 2.20. The molecule has 2 aromatic rings. The lowest BCUT2D eigenvalue weighted by molar-refractivity contribution is 0.0471. The van der Waals surface area contributed by atoms with E-state index in [-0.39, 0.29) is 6.61 Å². The Balaban J connectivity index is 2.13. The third-order valence-electron chi connectivity index (χ3n) is 2.82. The highest BCUT2D eigenvalue weighted by molar-refractivity contribution is 5.91. The van der Waals surface area contributed by atoms with E-state index in [2.05, 4.69) is 11.1 Å². The van der Waals surface area contributed by atoms with Gasteiger partial charge in [0.1, 0.15) is 6.61 Å². The lowest BCUT2D eigenvalue weighted by Gasteiger charge is -2.08. The summed E-state index contributed by atoms with van der Waals surface area (Å²) in [4.78, 5) is 16.0. The van der Waals surface area contributed by atoms with Crippen LogP contribution in [0.1, 0.15) is 27.2 Å². The largest absolute Gasteiger partial charge is 0.457 e. The number of carbonyl (C=O) groups is 1. The summed E-state index contributed by atoms with van der Waals surface area (Å²) in [7, 11) is 0. The van der Waals surface area contributed by atoms with Crippen LogP contribution >= 0.6 is 0 Å². The first-order chi connectivity index (χ1) is 9.61. The highest BCUT2D eigenvalue weighted by atomic mass is 16.5. The fraction of sp³-hybridized carbons (Fsp3) is 0.133. The van der Waals surface area contributed by atoms with Crippen molar-refractivity contribution < 1.29 is 9.53 Å². The molecular formula is C15H13N3O2. The van der Waals surface area contributed by atoms with Crippen molar-refractivity contribution in [3.63, 3.8) is 0 Å². The van der Waals surface area contributed by atoms with Gasteiger partial charge in [-0.25, -0.2) is 4.79 Å². The van der Waals surface area contributed by atoms with Gasteiger partial charge in [0.25, 0.3) is 0 Å². The number of benzene rings is 1. The summed E-state index contributed by atoms with van der Waals surface area (Å²) in [6.07, 6.45) is 1.48. The molecule has 0 aliphatic rings. The monoisotopic (exact) mass is 267 g/mol. The second kappa shape index (κ2) is 5.85. The average molecular weight is 267 g/mol. The Hall–Kier alpha value is -2.87. The van der Waals surface area contributed by atoms with Gasteiger partial charge in [-0.3, -0.25) is 4.98 Å². The quantitative estimate of drug-likeness (QED) is 0.861. The second-order valence-corrected chi connectivity index (χ2v) is 4.25. The molecule has 0 aliphatic carbocycles. The standard InChI is InChI=1S/C15H13N3O2/c1-10-14(6-13(17)8-18-10)15(19)20-9-12-5-3-2-4-11(12)7-16/h2-6,8H,9,17H2,1H3. The number of esters is 1. The highest BCUT2D eigenvalue weighted by Crippen LogP contribution is 2.14. The van der Waals surface area contributed by atoms with Gasteiger partial charge in [-0.05, 0) is 19.1 Å². The van der Waals surface area contributed by atoms with Crippen molar-refractivity contribution in [3.05, 3.63) is 58.9 Å². The zero-order chi connectivity index (χ0) is 14.5. The van der Waals surface area contributed by atoms with Crippen LogP contribution in [0, 0.1) is 18.3 Å². The SMILES string of the molecule is Cc1ncc(N)cc1C(=O)OCc1ccccc1C#N. The fourth-order valence-corrected chi connectivity index (χ4v) is 1.73. The lowest BCUT2D eigenvalue weighted by Crippen LogP contribution is -2.09. The molecule has 0 atom stereocenters. The maximum Gasteiger partial charge on any atom is 0.340 e. The molecule has 0 fully saturated rings. The Labute approximate surface area is 116 Å². The van der Waals surface area contributed by atoms with E-state index in [4.69, 9.17) is 15.7 Å². The van der Waals surface area contributed by atoms with Crippen molar-refractivity contribution in [2.75, 3.05) is 5.73 Å². The average Bonchev–Trinajstić information content (AvgIpc) is 2.47. The number of nitrogen functional groups attached to an aromatic ring is 1. The van der Waals surface area contributed by atoms with Gasteiger partial charge in [0, 0.05) is 5.56 Å². The van der Waals surface area contributed by atoms with E-state index in [0.717, 1.165) is 0 Å². The summed E-state index contributed by atoms with van der Waals surface area (Å²) in [6, 6.07) is 10.6. The van der Waals surface area contributed by atoms with Gasteiger partial charge in [-0.15, -0.1) is 0 Å². The zero-order valence-corrected chi connectivity index (χ0v) is 11.0. The number of hydrogen-bond acceptors (Lipinski definition) is 5. The van der Waals surface area contributed by atoms with E-state index in [1.165, 1.54) is 12.3 Å². The Kier molecular flexibility index (Phi) is 3.96. The molecule has 5 heteroatoms. The number of nitriles is 1. The first-order valence-electron chi connectivity index (χ1n) is 5.99. The number of pyridine rings is 1. The molecule has 1 aromatic carbocycles. The minimum absolute atomic E-state index is 0.0385. The molecule has 20 heavy (non-hydrogen) atoms. The lowest BCUT2D eigenvalue weighted by atomic mass is 10.1. The number of aromatic nitrogens is 1. The number of rotatable bonds is 3. The third kappa shape index (κ3) is 2.93. The maximum atomic E-state index is 12.0. The van der Waals surface area contributed by atoms with E-state index in [1.54, 1.807) is 31.2 Å². The van der Waals surface area contributed by atoms with E-state index in [1.807, 2.05) is 0 Å². The van der Waals surface area contributed by atoms with Gasteiger partial charge in [0.2, 0.25) is 0 Å². The number of carbonyl (C=O) groups excluding carboxylic acids is 1. The van der Waals surface area contributed by atoms with Crippen LogP contribution in [0.15, 0.2) is 36.5 Å². The Morgan fingerprint density at radius 1 is 1.45 bits per heavy atom. The predicted molar refractivity (Wildman–Crippen MR) is 73.7 cm³/mol. The number of ether oxygens (including phenoxy) is 1. The van der Waals surface area contributed by atoms with Crippen molar-refractivity contribution in [2.24, 2.45) is 0 Å². The maximum absolute atomic E-state index is 12.0. The molecular weight excluding hydrogens is 254 g/mol. The van der Waals surface area contributed by atoms with Gasteiger partial charge < -0.3 is 10.5 Å². The molecule has 0 radical (unpaired) electrons. The number of anilines is 1. The molecule has 0 saturated heterocycles. The first kappa shape index (κ1) is 13.6. The zero-order valence-electron chi connectivity index (χ0n) is 11.0. The van der Waals surface area contributed by atoms with Crippen molar-refractivity contribution >= 4 is 11.7 Å². The summed E-state index contributed by atoms with van der Waals surface area (Å²) in [5, 5.41) is 8.96. The molecule has 0 unspecified atom stereocenters. The third-order valence-corrected chi connectivity index (χ3v) is 2.82. The second-order valence-electron chi connectivity index (χ2n) is 4.25. The molecule has 0 aliphatic heterocycles. The van der Waals surface area contributed by atoms with Gasteiger partial charge >= 0.3 is 5.97 Å². The molecule has 0 saturated carbocycles. The van der Waals surface area contributed by atoms with Gasteiger partial charge in [0.15, 0.2) is 0 Å². The number of hydrogen-bond donors (Lipinski definition) is 1. The van der Waals surface area contributed by atoms with Gasteiger partial charge in [-0.1, -0.05) is 18.2 Å². The van der Waals surface area contributed by atoms with E-state index >= 15 is 0 Å². The van der Waals surface area contributed by atoms with Crippen molar-refractivity contribution in [3.8, 4) is 6.07 Å². The summed E-state index contributed by atoms with van der Waals surface area (Å²) in [5.41, 5.74) is 8.05. The summed E-state index contributed by atoms with van der Waals surface area (Å²) in [5.74, 6) is -0.505. The summed E-state index contributed by atoms with van der Waals surface area (Å²) < 4.78 is 5.21. The van der Waals surface area contributed by atoms with Crippen LogP contribution in [-0.4, -0.2) is 11.0 Å². The van der Waals surface area contributed by atoms with E-state index in [9.17, 15) is 4.79 Å². The summed E-state index contributed by atoms with van der Waals surface area (Å²) in [6.45, 7) is 1.75. The molecule has 2 N–H and O–H groups in total. The Bertz CT molecular complexity index is 690. The molecule has 0 amide bonds. The number of nitrogens with zero attached hydrogens (tertiary/aromatic N) is 2. The molecule has 1 aromatic heterocycles.